The van der Waals surface area contributed by atoms with Crippen molar-refractivity contribution in [2.75, 3.05) is 39.9 Å². The molecular weight excluding hydrogens is 213 g/mol. The SMILES string of the molecule is CCC[N+]1(C)CCOCC1.F[B-](F)(F)F. The maximum absolute atomic E-state index is 9.75. The van der Waals surface area contributed by atoms with Crippen molar-refractivity contribution in [3.8, 4) is 0 Å². The number of hydrogen-bond donors (Lipinski definition) is 0. The molecule has 1 heterocycles. The molecule has 0 unspecified atom stereocenters. The summed E-state index contributed by atoms with van der Waals surface area (Å²) in [6, 6.07) is 0. The molecule has 0 bridgehead atoms. The molecular formula is C8H18BF4NO. The summed E-state index contributed by atoms with van der Waals surface area (Å²) in [5.41, 5.74) is 0. The Kier molecular flexibility index (Phi) is 6.20. The number of rotatable bonds is 2. The molecule has 1 fully saturated rings. The maximum atomic E-state index is 9.75. The number of halogens is 4. The van der Waals surface area contributed by atoms with E-state index in [4.69, 9.17) is 4.74 Å². The van der Waals surface area contributed by atoms with Gasteiger partial charge in [0.05, 0.1) is 26.8 Å². The number of nitrogens with zero attached hydrogens (tertiary/aromatic N) is 1. The van der Waals surface area contributed by atoms with Gasteiger partial charge in [-0.25, -0.2) is 0 Å². The Balaban J connectivity index is 0.000000336. The van der Waals surface area contributed by atoms with Crippen LogP contribution in [0.4, 0.5) is 17.3 Å². The Morgan fingerprint density at radius 3 is 1.87 bits per heavy atom. The number of morpholine rings is 1. The molecule has 1 saturated heterocycles. The number of ether oxygens (including phenoxy) is 1. The van der Waals surface area contributed by atoms with E-state index < -0.39 is 7.25 Å². The van der Waals surface area contributed by atoms with Crippen LogP contribution in [-0.4, -0.2) is 51.6 Å². The smallest absolute Gasteiger partial charge is 0.418 e. The second-order valence-corrected chi connectivity index (χ2v) is 3.90. The van der Waals surface area contributed by atoms with Gasteiger partial charge in [0.25, 0.3) is 0 Å². The lowest BCUT2D eigenvalue weighted by Gasteiger charge is -2.37. The van der Waals surface area contributed by atoms with E-state index in [0.717, 1.165) is 13.2 Å². The molecule has 0 saturated carbocycles. The molecule has 0 aromatic rings. The minimum atomic E-state index is -6.00. The van der Waals surface area contributed by atoms with Crippen LogP contribution in [0.2, 0.25) is 0 Å². The third kappa shape index (κ3) is 10.00. The molecule has 1 aliphatic rings. The van der Waals surface area contributed by atoms with Crippen LogP contribution >= 0.6 is 0 Å². The molecule has 0 aromatic carbocycles. The van der Waals surface area contributed by atoms with Crippen LogP contribution in [-0.2, 0) is 4.74 Å². The summed E-state index contributed by atoms with van der Waals surface area (Å²) in [5, 5.41) is 0. The largest absolute Gasteiger partial charge is 0.673 e. The predicted octanol–water partition coefficient (Wildman–Crippen LogP) is 2.17. The van der Waals surface area contributed by atoms with Crippen LogP contribution in [0, 0.1) is 0 Å². The topological polar surface area (TPSA) is 9.23 Å². The van der Waals surface area contributed by atoms with Crippen LogP contribution in [0.1, 0.15) is 13.3 Å². The highest BCUT2D eigenvalue weighted by Crippen LogP contribution is 2.07. The van der Waals surface area contributed by atoms with Crippen LogP contribution in [0.5, 0.6) is 0 Å². The van der Waals surface area contributed by atoms with Crippen molar-refractivity contribution >= 4 is 7.25 Å². The summed E-state index contributed by atoms with van der Waals surface area (Å²) < 4.78 is 45.5. The normalized spacial score (nSPS) is 20.4. The van der Waals surface area contributed by atoms with Crippen LogP contribution in [0.15, 0.2) is 0 Å². The van der Waals surface area contributed by atoms with Gasteiger partial charge < -0.3 is 26.5 Å². The Bertz CT molecular complexity index is 159. The van der Waals surface area contributed by atoms with Gasteiger partial charge in [0, 0.05) is 0 Å². The molecule has 2 nitrogen and oxygen atoms in total. The summed E-state index contributed by atoms with van der Waals surface area (Å²) in [7, 11) is -3.67. The molecule has 0 amide bonds. The van der Waals surface area contributed by atoms with Gasteiger partial charge >= 0.3 is 7.25 Å². The van der Waals surface area contributed by atoms with E-state index in [2.05, 4.69) is 14.0 Å². The first kappa shape index (κ1) is 14.7. The number of likely N-dealkylation sites (N-methyl/N-ethyl adjacent to an activating group) is 1. The van der Waals surface area contributed by atoms with Gasteiger partial charge in [0.2, 0.25) is 0 Å². The van der Waals surface area contributed by atoms with Gasteiger partial charge in [0.15, 0.2) is 0 Å². The average Bonchev–Trinajstić information content (AvgIpc) is 2.02. The van der Waals surface area contributed by atoms with Crippen molar-refractivity contribution < 1.29 is 26.5 Å². The van der Waals surface area contributed by atoms with E-state index in [9.17, 15) is 17.3 Å². The van der Waals surface area contributed by atoms with Gasteiger partial charge in [-0.2, -0.15) is 0 Å². The minimum Gasteiger partial charge on any atom is -0.418 e. The molecule has 1 rings (SSSR count). The van der Waals surface area contributed by atoms with Gasteiger partial charge in [-0.3, -0.25) is 0 Å². The number of hydrogen-bond acceptors (Lipinski definition) is 1. The third-order valence-corrected chi connectivity index (χ3v) is 2.31. The zero-order valence-corrected chi connectivity index (χ0v) is 9.19. The van der Waals surface area contributed by atoms with Crippen LogP contribution in [0.25, 0.3) is 0 Å². The van der Waals surface area contributed by atoms with Crippen molar-refractivity contribution in [1.29, 1.82) is 0 Å². The molecule has 0 atom stereocenters. The molecule has 0 radical (unpaired) electrons. The minimum absolute atomic E-state index is 0.955. The Labute approximate surface area is 87.9 Å². The molecule has 0 aromatic heterocycles. The standard InChI is InChI=1S/C8H18NO.BF4/c1-3-4-9(2)5-7-10-8-6-9;2-1(3,4)5/h3-8H2,1-2H3;/q+1;-1. The number of quaternary nitrogens is 1. The van der Waals surface area contributed by atoms with Crippen molar-refractivity contribution in [3.05, 3.63) is 0 Å². The molecule has 0 N–H and O–H groups in total. The average molecular weight is 231 g/mol. The van der Waals surface area contributed by atoms with Crippen molar-refractivity contribution in [2.45, 2.75) is 13.3 Å². The van der Waals surface area contributed by atoms with E-state index in [-0.39, 0.29) is 0 Å². The molecule has 0 aliphatic carbocycles. The monoisotopic (exact) mass is 231 g/mol. The zero-order chi connectivity index (χ0) is 11.9. The van der Waals surface area contributed by atoms with Gasteiger partial charge in [-0.05, 0) is 6.42 Å². The molecule has 0 spiro atoms. The second kappa shape index (κ2) is 6.32. The van der Waals surface area contributed by atoms with Crippen LogP contribution in [0.3, 0.4) is 0 Å². The van der Waals surface area contributed by atoms with E-state index in [1.165, 1.54) is 30.5 Å². The summed E-state index contributed by atoms with van der Waals surface area (Å²) in [5.74, 6) is 0. The van der Waals surface area contributed by atoms with Gasteiger partial charge in [-0.15, -0.1) is 0 Å². The lowest BCUT2D eigenvalue weighted by molar-refractivity contribution is -0.916. The maximum Gasteiger partial charge on any atom is 0.673 e. The highest BCUT2D eigenvalue weighted by atomic mass is 19.5. The van der Waals surface area contributed by atoms with Crippen LogP contribution < -0.4 is 0 Å². The fourth-order valence-corrected chi connectivity index (χ4v) is 1.55. The highest BCUT2D eigenvalue weighted by Gasteiger charge is 2.23. The van der Waals surface area contributed by atoms with Gasteiger partial charge in [0.1, 0.15) is 13.1 Å². The first-order valence-corrected chi connectivity index (χ1v) is 5.05. The predicted molar refractivity (Wildman–Crippen MR) is 52.1 cm³/mol. The summed E-state index contributed by atoms with van der Waals surface area (Å²) in [6.07, 6.45) is 1.29. The van der Waals surface area contributed by atoms with E-state index in [0.29, 0.717) is 0 Å². The Hall–Kier alpha value is -0.295. The highest BCUT2D eigenvalue weighted by molar-refractivity contribution is 6.50. The van der Waals surface area contributed by atoms with E-state index >= 15 is 0 Å². The van der Waals surface area contributed by atoms with Crippen molar-refractivity contribution in [3.63, 3.8) is 0 Å². The third-order valence-electron chi connectivity index (χ3n) is 2.31. The van der Waals surface area contributed by atoms with E-state index in [1.54, 1.807) is 0 Å². The second-order valence-electron chi connectivity index (χ2n) is 3.90. The summed E-state index contributed by atoms with van der Waals surface area (Å²) in [4.78, 5) is 0. The molecule has 15 heavy (non-hydrogen) atoms. The van der Waals surface area contributed by atoms with Crippen molar-refractivity contribution in [2.24, 2.45) is 0 Å². The first-order chi connectivity index (χ1) is 6.77. The van der Waals surface area contributed by atoms with Crippen molar-refractivity contribution in [1.82, 2.24) is 0 Å². The fourth-order valence-electron chi connectivity index (χ4n) is 1.55. The zero-order valence-electron chi connectivity index (χ0n) is 9.19. The summed E-state index contributed by atoms with van der Waals surface area (Å²) >= 11 is 0. The molecule has 92 valence electrons. The fraction of sp³-hybridized carbons (Fsp3) is 1.00. The summed E-state index contributed by atoms with van der Waals surface area (Å²) in [6.45, 7) is 7.87. The quantitative estimate of drug-likeness (QED) is 0.402. The van der Waals surface area contributed by atoms with E-state index in [1.807, 2.05) is 0 Å². The first-order valence-electron chi connectivity index (χ1n) is 5.05. The lowest BCUT2D eigenvalue weighted by atomic mass is 10.3. The Morgan fingerprint density at radius 1 is 1.13 bits per heavy atom. The molecule has 7 heteroatoms. The Morgan fingerprint density at radius 2 is 1.53 bits per heavy atom. The van der Waals surface area contributed by atoms with Gasteiger partial charge in [-0.1, -0.05) is 6.92 Å². The lowest BCUT2D eigenvalue weighted by Crippen LogP contribution is -2.52. The molecule has 1 aliphatic heterocycles.